The average Bonchev–Trinajstić information content (AvgIpc) is 2.83. The average molecular weight is 420 g/mol. The number of methoxy groups -OCH3 is 1. The number of nitrogens with zero attached hydrogens (tertiary/aromatic N) is 2. The van der Waals surface area contributed by atoms with Gasteiger partial charge in [0.2, 0.25) is 0 Å². The molecule has 0 spiro atoms. The van der Waals surface area contributed by atoms with Gasteiger partial charge in [-0.05, 0) is 42.0 Å². The van der Waals surface area contributed by atoms with Crippen LogP contribution in [0.5, 0.6) is 11.5 Å². The Labute approximate surface area is 181 Å². The molecule has 1 heterocycles. The van der Waals surface area contributed by atoms with Crippen molar-refractivity contribution in [2.24, 2.45) is 0 Å². The van der Waals surface area contributed by atoms with Crippen LogP contribution in [0.2, 0.25) is 0 Å². The summed E-state index contributed by atoms with van der Waals surface area (Å²) in [4.78, 5) is 17.3. The third-order valence-electron chi connectivity index (χ3n) is 5.42. The molecule has 0 unspecified atom stereocenters. The van der Waals surface area contributed by atoms with Crippen LogP contribution in [0.4, 0.5) is 10.1 Å². The molecule has 0 bridgehead atoms. The number of rotatable bonds is 6. The first-order valence-electron chi connectivity index (χ1n) is 10.3. The van der Waals surface area contributed by atoms with E-state index in [9.17, 15) is 9.18 Å². The fourth-order valence-electron chi connectivity index (χ4n) is 3.72. The molecule has 0 aliphatic carbocycles. The Kier molecular flexibility index (Phi) is 6.36. The van der Waals surface area contributed by atoms with E-state index in [0.29, 0.717) is 24.4 Å². The minimum absolute atomic E-state index is 0.0469. The first-order valence-corrected chi connectivity index (χ1v) is 10.3. The highest BCUT2D eigenvalue weighted by molar-refractivity contribution is 5.97. The zero-order valence-electron chi connectivity index (χ0n) is 17.5. The lowest BCUT2D eigenvalue weighted by molar-refractivity contribution is 0.0741. The van der Waals surface area contributed by atoms with E-state index in [0.717, 1.165) is 30.1 Å². The number of amides is 1. The molecule has 0 N–H and O–H groups in total. The number of ether oxygens (including phenoxy) is 2. The van der Waals surface area contributed by atoms with Gasteiger partial charge in [-0.15, -0.1) is 0 Å². The zero-order chi connectivity index (χ0) is 21.6. The van der Waals surface area contributed by atoms with Gasteiger partial charge >= 0.3 is 0 Å². The SMILES string of the molecule is COc1ccccc1N1CCN(C(=O)c2ccccc2OCc2ccc(F)cc2)CC1. The van der Waals surface area contributed by atoms with Gasteiger partial charge in [0, 0.05) is 26.2 Å². The second kappa shape index (κ2) is 9.51. The van der Waals surface area contributed by atoms with Crippen LogP contribution in [-0.2, 0) is 6.61 Å². The molecule has 5 nitrogen and oxygen atoms in total. The Balaban J connectivity index is 1.41. The molecule has 3 aromatic carbocycles. The number of anilines is 1. The summed E-state index contributed by atoms with van der Waals surface area (Å²) in [5.74, 6) is 1.03. The Morgan fingerprint density at radius 1 is 0.871 bits per heavy atom. The monoisotopic (exact) mass is 420 g/mol. The van der Waals surface area contributed by atoms with E-state index < -0.39 is 0 Å². The number of benzene rings is 3. The molecular formula is C25H25FN2O3. The predicted molar refractivity (Wildman–Crippen MR) is 118 cm³/mol. The largest absolute Gasteiger partial charge is 0.495 e. The van der Waals surface area contributed by atoms with Crippen molar-refractivity contribution in [2.45, 2.75) is 6.61 Å². The van der Waals surface area contributed by atoms with Crippen LogP contribution in [0.1, 0.15) is 15.9 Å². The zero-order valence-corrected chi connectivity index (χ0v) is 17.5. The van der Waals surface area contributed by atoms with Gasteiger partial charge < -0.3 is 19.3 Å². The molecule has 3 aromatic rings. The third-order valence-corrected chi connectivity index (χ3v) is 5.42. The molecule has 0 radical (unpaired) electrons. The third kappa shape index (κ3) is 4.79. The van der Waals surface area contributed by atoms with Gasteiger partial charge in [-0.2, -0.15) is 0 Å². The van der Waals surface area contributed by atoms with Crippen molar-refractivity contribution in [1.29, 1.82) is 0 Å². The van der Waals surface area contributed by atoms with E-state index in [4.69, 9.17) is 9.47 Å². The van der Waals surface area contributed by atoms with Gasteiger partial charge in [-0.25, -0.2) is 4.39 Å². The first-order chi connectivity index (χ1) is 15.2. The van der Waals surface area contributed by atoms with Crippen LogP contribution in [0.3, 0.4) is 0 Å². The summed E-state index contributed by atoms with van der Waals surface area (Å²) in [7, 11) is 1.67. The highest BCUT2D eigenvalue weighted by atomic mass is 19.1. The van der Waals surface area contributed by atoms with Crippen LogP contribution in [-0.4, -0.2) is 44.1 Å². The fraction of sp³-hybridized carbons (Fsp3) is 0.240. The summed E-state index contributed by atoms with van der Waals surface area (Å²) in [6.07, 6.45) is 0. The lowest BCUT2D eigenvalue weighted by atomic mass is 10.1. The lowest BCUT2D eigenvalue weighted by Gasteiger charge is -2.36. The number of carbonyl (C=O) groups excluding carboxylic acids is 1. The van der Waals surface area contributed by atoms with Crippen LogP contribution >= 0.6 is 0 Å². The molecule has 1 aliphatic rings. The molecule has 0 aromatic heterocycles. The quantitative estimate of drug-likeness (QED) is 0.594. The van der Waals surface area contributed by atoms with Crippen LogP contribution in [0, 0.1) is 5.82 Å². The molecule has 1 aliphatic heterocycles. The van der Waals surface area contributed by atoms with Gasteiger partial charge in [0.1, 0.15) is 23.9 Å². The number of carbonyl (C=O) groups is 1. The minimum Gasteiger partial charge on any atom is -0.495 e. The lowest BCUT2D eigenvalue weighted by Crippen LogP contribution is -2.49. The van der Waals surface area contributed by atoms with Gasteiger partial charge in [-0.3, -0.25) is 4.79 Å². The van der Waals surface area contributed by atoms with Gasteiger partial charge in [0.15, 0.2) is 0 Å². The molecule has 1 saturated heterocycles. The number of hydrogen-bond donors (Lipinski definition) is 0. The van der Waals surface area contributed by atoms with Crippen molar-refractivity contribution >= 4 is 11.6 Å². The van der Waals surface area contributed by atoms with E-state index in [1.165, 1.54) is 12.1 Å². The number of para-hydroxylation sites is 3. The molecule has 1 amide bonds. The maximum atomic E-state index is 13.2. The van der Waals surface area contributed by atoms with Crippen LogP contribution in [0.15, 0.2) is 72.8 Å². The van der Waals surface area contributed by atoms with Crippen molar-refractivity contribution in [3.05, 3.63) is 89.7 Å². The molecular weight excluding hydrogens is 395 g/mol. The van der Waals surface area contributed by atoms with Crippen molar-refractivity contribution in [2.75, 3.05) is 38.2 Å². The fourth-order valence-corrected chi connectivity index (χ4v) is 3.72. The van der Waals surface area contributed by atoms with E-state index in [1.807, 2.05) is 41.3 Å². The Hall–Kier alpha value is -3.54. The van der Waals surface area contributed by atoms with E-state index in [1.54, 1.807) is 31.4 Å². The van der Waals surface area contributed by atoms with E-state index in [2.05, 4.69) is 4.90 Å². The van der Waals surface area contributed by atoms with Crippen LogP contribution < -0.4 is 14.4 Å². The van der Waals surface area contributed by atoms with E-state index in [-0.39, 0.29) is 18.3 Å². The molecule has 31 heavy (non-hydrogen) atoms. The second-order valence-electron chi connectivity index (χ2n) is 7.36. The Morgan fingerprint density at radius 3 is 2.23 bits per heavy atom. The molecule has 4 rings (SSSR count). The normalized spacial score (nSPS) is 13.7. The Morgan fingerprint density at radius 2 is 1.52 bits per heavy atom. The predicted octanol–water partition coefficient (Wildman–Crippen LogP) is 4.38. The second-order valence-corrected chi connectivity index (χ2v) is 7.36. The summed E-state index contributed by atoms with van der Waals surface area (Å²) in [5, 5.41) is 0. The summed E-state index contributed by atoms with van der Waals surface area (Å²) >= 11 is 0. The van der Waals surface area contributed by atoms with Crippen molar-refractivity contribution in [3.63, 3.8) is 0 Å². The van der Waals surface area contributed by atoms with Crippen molar-refractivity contribution in [3.8, 4) is 11.5 Å². The standard InChI is InChI=1S/C25H25FN2O3/c1-30-24-9-5-3-7-22(24)27-14-16-28(17-15-27)25(29)21-6-2-4-8-23(21)31-18-19-10-12-20(26)13-11-19/h2-13H,14-18H2,1H3. The minimum atomic E-state index is -0.286. The van der Waals surface area contributed by atoms with E-state index >= 15 is 0 Å². The maximum Gasteiger partial charge on any atom is 0.257 e. The summed E-state index contributed by atoms with van der Waals surface area (Å²) in [6, 6.07) is 21.3. The molecule has 6 heteroatoms. The number of piperazine rings is 1. The Bertz CT molecular complexity index is 1030. The van der Waals surface area contributed by atoms with Crippen LogP contribution in [0.25, 0.3) is 0 Å². The highest BCUT2D eigenvalue weighted by Crippen LogP contribution is 2.29. The van der Waals surface area contributed by atoms with Crippen molar-refractivity contribution in [1.82, 2.24) is 4.90 Å². The van der Waals surface area contributed by atoms with Gasteiger partial charge in [-0.1, -0.05) is 36.4 Å². The summed E-state index contributed by atoms with van der Waals surface area (Å²) < 4.78 is 24.5. The van der Waals surface area contributed by atoms with Gasteiger partial charge in [0.05, 0.1) is 18.4 Å². The molecule has 160 valence electrons. The van der Waals surface area contributed by atoms with Crippen molar-refractivity contribution < 1.29 is 18.7 Å². The number of hydrogen-bond acceptors (Lipinski definition) is 4. The highest BCUT2D eigenvalue weighted by Gasteiger charge is 2.25. The molecule has 1 fully saturated rings. The topological polar surface area (TPSA) is 42.0 Å². The summed E-state index contributed by atoms with van der Waals surface area (Å²) in [5.41, 5.74) is 2.42. The smallest absolute Gasteiger partial charge is 0.257 e. The first kappa shape index (κ1) is 20.7. The molecule has 0 atom stereocenters. The molecule has 0 saturated carbocycles. The maximum absolute atomic E-state index is 13.2. The number of halogens is 1. The van der Waals surface area contributed by atoms with Gasteiger partial charge in [0.25, 0.3) is 5.91 Å². The summed E-state index contributed by atoms with van der Waals surface area (Å²) in [6.45, 7) is 2.95.